The Morgan fingerprint density at radius 1 is 1.38 bits per heavy atom. The maximum atomic E-state index is 13.4. The van der Waals surface area contributed by atoms with Crippen LogP contribution in [0.1, 0.15) is 18.5 Å². The number of methoxy groups -OCH3 is 1. The number of hydrogen-bond donors (Lipinski definition) is 2. The van der Waals surface area contributed by atoms with Crippen LogP contribution in [0.5, 0.6) is 0 Å². The number of amides is 1. The van der Waals surface area contributed by atoms with Crippen LogP contribution >= 0.6 is 35.6 Å². The summed E-state index contributed by atoms with van der Waals surface area (Å²) in [5.74, 6) is -0.773. The smallest absolute Gasteiger partial charge is 0.234 e. The third-order valence-electron chi connectivity index (χ3n) is 2.65. The fraction of sp³-hybridized carbons (Fsp3) is 0.462. The van der Waals surface area contributed by atoms with Crippen molar-refractivity contribution in [1.82, 2.24) is 10.6 Å². The Morgan fingerprint density at radius 3 is 2.67 bits per heavy atom. The van der Waals surface area contributed by atoms with Crippen molar-refractivity contribution in [1.29, 1.82) is 0 Å². The van der Waals surface area contributed by atoms with Crippen LogP contribution in [0, 0.1) is 5.82 Å². The van der Waals surface area contributed by atoms with E-state index in [0.717, 1.165) is 0 Å². The van der Waals surface area contributed by atoms with Gasteiger partial charge in [0.05, 0.1) is 24.2 Å². The lowest BCUT2D eigenvalue weighted by Crippen LogP contribution is -2.36. The first kappa shape index (κ1) is 20.4. The molecule has 120 valence electrons. The van der Waals surface area contributed by atoms with Crippen LogP contribution < -0.4 is 10.6 Å². The van der Waals surface area contributed by atoms with Crippen molar-refractivity contribution in [3.8, 4) is 0 Å². The van der Waals surface area contributed by atoms with Crippen molar-refractivity contribution >= 4 is 41.5 Å². The molecule has 1 atom stereocenters. The van der Waals surface area contributed by atoms with Gasteiger partial charge in [-0.05, 0) is 24.6 Å². The van der Waals surface area contributed by atoms with E-state index in [1.54, 1.807) is 14.0 Å². The fourth-order valence-electron chi connectivity index (χ4n) is 1.62. The predicted molar refractivity (Wildman–Crippen MR) is 85.0 cm³/mol. The van der Waals surface area contributed by atoms with Crippen LogP contribution in [0.3, 0.4) is 0 Å². The summed E-state index contributed by atoms with van der Waals surface area (Å²) in [4.78, 5) is 11.7. The first-order chi connectivity index (χ1) is 9.45. The molecular weight excluding hydrogens is 342 g/mol. The summed E-state index contributed by atoms with van der Waals surface area (Å²) in [5, 5.41) is 5.91. The van der Waals surface area contributed by atoms with Gasteiger partial charge in [0.25, 0.3) is 0 Å². The van der Waals surface area contributed by atoms with E-state index in [2.05, 4.69) is 10.6 Å². The van der Waals surface area contributed by atoms with Gasteiger partial charge in [0.2, 0.25) is 5.91 Å². The number of halogens is 4. The highest BCUT2D eigenvalue weighted by atomic mass is 35.5. The third kappa shape index (κ3) is 6.80. The van der Waals surface area contributed by atoms with Crippen molar-refractivity contribution in [2.75, 3.05) is 26.8 Å². The first-order valence-corrected chi connectivity index (χ1v) is 6.84. The Balaban J connectivity index is 0.00000400. The molecule has 0 heterocycles. The van der Waals surface area contributed by atoms with Crippen molar-refractivity contribution < 1.29 is 13.9 Å². The fourth-order valence-corrected chi connectivity index (χ4v) is 2.16. The molecule has 0 spiro atoms. The lowest BCUT2D eigenvalue weighted by atomic mass is 10.1. The van der Waals surface area contributed by atoms with E-state index in [0.29, 0.717) is 23.7 Å². The van der Waals surface area contributed by atoms with Crippen molar-refractivity contribution in [2.24, 2.45) is 0 Å². The molecule has 4 nitrogen and oxygen atoms in total. The molecular formula is C13H18Cl3FN2O2. The van der Waals surface area contributed by atoms with Gasteiger partial charge in [-0.3, -0.25) is 4.79 Å². The number of carbonyl (C=O) groups excluding carboxylic acids is 1. The maximum absolute atomic E-state index is 13.4. The predicted octanol–water partition coefficient (Wildman–Crippen LogP) is 2.97. The Morgan fingerprint density at radius 2 is 2.05 bits per heavy atom. The van der Waals surface area contributed by atoms with E-state index in [9.17, 15) is 9.18 Å². The summed E-state index contributed by atoms with van der Waals surface area (Å²) >= 11 is 11.6. The largest absolute Gasteiger partial charge is 0.383 e. The number of hydrogen-bond acceptors (Lipinski definition) is 3. The second kappa shape index (κ2) is 10.2. The molecule has 1 aromatic rings. The molecule has 2 N–H and O–H groups in total. The standard InChI is InChI=1S/C13H17Cl2FN2O2.ClH/c1-8(18-13(19)7-17-3-4-20-2)9-5-12(16)11(15)6-10(9)14;/h5-6,8,17H,3-4,7H2,1-2H3,(H,18,19);1H. The molecule has 0 saturated heterocycles. The molecule has 1 unspecified atom stereocenters. The van der Waals surface area contributed by atoms with Crippen molar-refractivity contribution in [2.45, 2.75) is 13.0 Å². The third-order valence-corrected chi connectivity index (χ3v) is 3.27. The van der Waals surface area contributed by atoms with Crippen LogP contribution in [-0.4, -0.2) is 32.7 Å². The van der Waals surface area contributed by atoms with Crippen LogP contribution in [0.2, 0.25) is 10.0 Å². The minimum absolute atomic E-state index is 0. The van der Waals surface area contributed by atoms with Crippen LogP contribution in [0.4, 0.5) is 4.39 Å². The SMILES string of the molecule is COCCNCC(=O)NC(C)c1cc(F)c(Cl)cc1Cl.Cl. The zero-order valence-electron chi connectivity index (χ0n) is 11.7. The van der Waals surface area contributed by atoms with Crippen LogP contribution in [0.25, 0.3) is 0 Å². The second-order valence-electron chi connectivity index (χ2n) is 4.25. The summed E-state index contributed by atoms with van der Waals surface area (Å²) in [5.41, 5.74) is 0.485. The van der Waals surface area contributed by atoms with E-state index in [-0.39, 0.29) is 29.9 Å². The second-order valence-corrected chi connectivity index (χ2v) is 5.06. The zero-order valence-corrected chi connectivity index (χ0v) is 14.0. The van der Waals surface area contributed by atoms with Gasteiger partial charge in [0, 0.05) is 18.7 Å². The molecule has 8 heteroatoms. The monoisotopic (exact) mass is 358 g/mol. The zero-order chi connectivity index (χ0) is 15.1. The van der Waals surface area contributed by atoms with Crippen LogP contribution in [-0.2, 0) is 9.53 Å². The average Bonchev–Trinajstić information content (AvgIpc) is 2.38. The van der Waals surface area contributed by atoms with Crippen LogP contribution in [0.15, 0.2) is 12.1 Å². The molecule has 1 rings (SSSR count). The number of ether oxygens (including phenoxy) is 1. The molecule has 0 saturated carbocycles. The normalized spacial score (nSPS) is 11.7. The quantitative estimate of drug-likeness (QED) is 0.581. The molecule has 21 heavy (non-hydrogen) atoms. The van der Waals surface area contributed by atoms with Gasteiger partial charge in [-0.25, -0.2) is 4.39 Å². The maximum Gasteiger partial charge on any atom is 0.234 e. The van der Waals surface area contributed by atoms with E-state index in [1.807, 2.05) is 0 Å². The highest BCUT2D eigenvalue weighted by molar-refractivity contribution is 6.35. The van der Waals surface area contributed by atoms with Crippen molar-refractivity contribution in [3.63, 3.8) is 0 Å². The summed E-state index contributed by atoms with van der Waals surface area (Å²) in [6.07, 6.45) is 0. The summed E-state index contributed by atoms with van der Waals surface area (Å²) in [6.45, 7) is 2.98. The number of nitrogens with one attached hydrogen (secondary N) is 2. The Kier molecular flexibility index (Phi) is 9.90. The Bertz CT molecular complexity index is 475. The molecule has 0 aliphatic carbocycles. The Labute approximate surface area is 139 Å². The molecule has 0 aliphatic heterocycles. The lowest BCUT2D eigenvalue weighted by Gasteiger charge is -2.16. The van der Waals surface area contributed by atoms with Gasteiger partial charge in [-0.1, -0.05) is 23.2 Å². The molecule has 0 radical (unpaired) electrons. The minimum Gasteiger partial charge on any atom is -0.383 e. The number of carbonyl (C=O) groups is 1. The Hall–Kier alpha value is -0.590. The number of benzene rings is 1. The van der Waals surface area contributed by atoms with E-state index < -0.39 is 11.9 Å². The van der Waals surface area contributed by atoms with Gasteiger partial charge < -0.3 is 15.4 Å². The molecule has 0 bridgehead atoms. The first-order valence-electron chi connectivity index (χ1n) is 6.09. The summed E-state index contributed by atoms with van der Waals surface area (Å²) in [7, 11) is 1.58. The molecule has 0 aliphatic rings. The van der Waals surface area contributed by atoms with Gasteiger partial charge >= 0.3 is 0 Å². The van der Waals surface area contributed by atoms with Gasteiger partial charge in [-0.15, -0.1) is 12.4 Å². The van der Waals surface area contributed by atoms with E-state index in [1.165, 1.54) is 12.1 Å². The van der Waals surface area contributed by atoms with E-state index in [4.69, 9.17) is 27.9 Å². The topological polar surface area (TPSA) is 50.4 Å². The molecule has 1 aromatic carbocycles. The summed E-state index contributed by atoms with van der Waals surface area (Å²) < 4.78 is 18.3. The van der Waals surface area contributed by atoms with Gasteiger partial charge in [0.1, 0.15) is 5.82 Å². The van der Waals surface area contributed by atoms with E-state index >= 15 is 0 Å². The van der Waals surface area contributed by atoms with Gasteiger partial charge in [-0.2, -0.15) is 0 Å². The highest BCUT2D eigenvalue weighted by Gasteiger charge is 2.15. The molecule has 1 amide bonds. The molecule has 0 fully saturated rings. The summed E-state index contributed by atoms with van der Waals surface area (Å²) in [6, 6.07) is 2.15. The van der Waals surface area contributed by atoms with Gasteiger partial charge in [0.15, 0.2) is 0 Å². The number of rotatable bonds is 7. The molecule has 0 aromatic heterocycles. The highest BCUT2D eigenvalue weighted by Crippen LogP contribution is 2.28. The lowest BCUT2D eigenvalue weighted by molar-refractivity contribution is -0.120. The minimum atomic E-state index is -0.564. The van der Waals surface area contributed by atoms with Crippen molar-refractivity contribution in [3.05, 3.63) is 33.6 Å². The average molecular weight is 360 g/mol.